The van der Waals surface area contributed by atoms with Crippen LogP contribution in [0.5, 0.6) is 0 Å². The average molecular weight is 209 g/mol. The number of aliphatic carboxylic acids is 1. The van der Waals surface area contributed by atoms with Gasteiger partial charge in [0.05, 0.1) is 11.8 Å². The van der Waals surface area contributed by atoms with Crippen molar-refractivity contribution in [2.24, 2.45) is 0 Å². The van der Waals surface area contributed by atoms with Gasteiger partial charge in [-0.2, -0.15) is 0 Å². The number of carbonyl (C=O) groups excluding carboxylic acids is 1. The number of carboxylic acids is 1. The van der Waals surface area contributed by atoms with Crippen LogP contribution in [0.15, 0.2) is 11.8 Å². The second-order valence-corrected chi connectivity index (χ2v) is 3.86. The first-order chi connectivity index (χ1) is 5.70. The molecule has 2 heterocycles. The number of thioether (sulfide) groups is 1. The molecule has 2 aliphatic heterocycles. The number of carboxylic acid groups (broad SMARTS) is 1. The maximum absolute atomic E-state index is 11.0. The second kappa shape index (κ2) is 4.04. The summed E-state index contributed by atoms with van der Waals surface area (Å²) in [6.07, 6.45) is 2.07. The molecule has 13 heavy (non-hydrogen) atoms. The first kappa shape index (κ1) is 11.1. The third-order valence-corrected chi connectivity index (χ3v) is 3.07. The van der Waals surface area contributed by atoms with E-state index in [0.29, 0.717) is 12.2 Å². The third kappa shape index (κ3) is 1.79. The third-order valence-electron chi connectivity index (χ3n) is 1.95. The molecule has 1 amide bonds. The van der Waals surface area contributed by atoms with E-state index in [-0.39, 0.29) is 48.0 Å². The molecule has 0 aliphatic carbocycles. The summed E-state index contributed by atoms with van der Waals surface area (Å²) in [6, 6.07) is 0. The molecular weight excluding hydrogens is 201 g/mol. The molecule has 4 nitrogen and oxygen atoms in total. The van der Waals surface area contributed by atoms with Gasteiger partial charge in [0, 0.05) is 5.75 Å². The minimum Gasteiger partial charge on any atom is -1.00 e. The van der Waals surface area contributed by atoms with Crippen molar-refractivity contribution in [1.29, 1.82) is 0 Å². The Morgan fingerprint density at radius 3 is 2.92 bits per heavy atom. The van der Waals surface area contributed by atoms with Crippen LogP contribution in [-0.2, 0) is 9.59 Å². The minimum absolute atomic E-state index is 0. The first-order valence-corrected chi connectivity index (χ1v) is 4.62. The normalized spacial score (nSPS) is 25.2. The summed E-state index contributed by atoms with van der Waals surface area (Å²) in [4.78, 5) is 23.0. The molecule has 1 saturated heterocycles. The zero-order valence-corrected chi connectivity index (χ0v) is 10.0. The van der Waals surface area contributed by atoms with Crippen LogP contribution in [-0.4, -0.2) is 33.0 Å². The summed E-state index contributed by atoms with van der Waals surface area (Å²) in [7, 11) is 0. The van der Waals surface area contributed by atoms with E-state index < -0.39 is 5.97 Å². The summed E-state index contributed by atoms with van der Waals surface area (Å²) in [6.45, 7) is 0. The second-order valence-electron chi connectivity index (χ2n) is 2.65. The largest absolute Gasteiger partial charge is 1.00 e. The average Bonchev–Trinajstić information content (AvgIpc) is 2.01. The van der Waals surface area contributed by atoms with Crippen molar-refractivity contribution in [2.45, 2.75) is 11.8 Å². The number of amides is 1. The summed E-state index contributed by atoms with van der Waals surface area (Å²) in [5, 5.41) is 8.78. The van der Waals surface area contributed by atoms with Crippen molar-refractivity contribution < 1.29 is 45.7 Å². The van der Waals surface area contributed by atoms with E-state index in [9.17, 15) is 9.59 Å². The van der Waals surface area contributed by atoms with Crippen LogP contribution in [0.3, 0.4) is 0 Å². The van der Waals surface area contributed by atoms with E-state index >= 15 is 0 Å². The van der Waals surface area contributed by atoms with Crippen LogP contribution in [0.2, 0.25) is 0 Å². The Hall–Kier alpha value is 0.0300. The maximum Gasteiger partial charge on any atom is 1.00 e. The molecular formula is C7H8NNaO3S. The number of hydrogen-bond donors (Lipinski definition) is 1. The van der Waals surface area contributed by atoms with Gasteiger partial charge >= 0.3 is 35.5 Å². The van der Waals surface area contributed by atoms with E-state index in [4.69, 9.17) is 5.11 Å². The van der Waals surface area contributed by atoms with Crippen LogP contribution in [0.1, 0.15) is 7.85 Å². The van der Waals surface area contributed by atoms with Gasteiger partial charge in [0.2, 0.25) is 5.91 Å². The molecule has 0 aromatic carbocycles. The number of hydrogen-bond acceptors (Lipinski definition) is 3. The molecule has 1 N–H and O–H groups in total. The molecule has 2 aliphatic rings. The molecule has 6 heteroatoms. The zero-order valence-electron chi connectivity index (χ0n) is 8.19. The van der Waals surface area contributed by atoms with Gasteiger partial charge in [0.15, 0.2) is 0 Å². The van der Waals surface area contributed by atoms with Crippen molar-refractivity contribution in [3.8, 4) is 0 Å². The van der Waals surface area contributed by atoms with Gasteiger partial charge in [-0.15, -0.1) is 11.8 Å². The zero-order chi connectivity index (χ0) is 8.72. The quantitative estimate of drug-likeness (QED) is 0.379. The molecule has 0 aromatic heterocycles. The molecule has 2 rings (SSSR count). The van der Waals surface area contributed by atoms with Gasteiger partial charge in [-0.05, 0) is 6.08 Å². The molecule has 0 saturated carbocycles. The van der Waals surface area contributed by atoms with Gasteiger partial charge in [-0.1, -0.05) is 0 Å². The SMILES string of the molecule is O=C(O)C1=CCS[C@@H]2CC(=O)N12.[H-].[Na+]. The van der Waals surface area contributed by atoms with Crippen LogP contribution in [0, 0.1) is 0 Å². The maximum atomic E-state index is 11.0. The van der Waals surface area contributed by atoms with E-state index in [2.05, 4.69) is 0 Å². The Morgan fingerprint density at radius 1 is 1.77 bits per heavy atom. The number of β-lactam (4-membered cyclic amide) rings is 1. The first-order valence-electron chi connectivity index (χ1n) is 3.57. The summed E-state index contributed by atoms with van der Waals surface area (Å²) < 4.78 is 0. The Labute approximate surface area is 103 Å². The number of rotatable bonds is 1. The van der Waals surface area contributed by atoms with Gasteiger partial charge in [-0.25, -0.2) is 4.79 Å². The van der Waals surface area contributed by atoms with Gasteiger partial charge in [-0.3, -0.25) is 9.69 Å². The Kier molecular flexibility index (Phi) is 3.45. The van der Waals surface area contributed by atoms with Crippen molar-refractivity contribution in [3.05, 3.63) is 11.8 Å². The van der Waals surface area contributed by atoms with E-state index in [0.717, 1.165) is 0 Å². The minimum atomic E-state index is -1.01. The topological polar surface area (TPSA) is 57.6 Å². The molecule has 0 spiro atoms. The fourth-order valence-electron chi connectivity index (χ4n) is 1.34. The fraction of sp³-hybridized carbons (Fsp3) is 0.429. The van der Waals surface area contributed by atoms with E-state index in [1.807, 2.05) is 0 Å². The van der Waals surface area contributed by atoms with Crippen molar-refractivity contribution in [2.75, 3.05) is 5.75 Å². The van der Waals surface area contributed by atoms with E-state index in [1.54, 1.807) is 17.8 Å². The smallest absolute Gasteiger partial charge is 1.00 e. The van der Waals surface area contributed by atoms with Crippen molar-refractivity contribution >= 4 is 23.6 Å². The van der Waals surface area contributed by atoms with Crippen molar-refractivity contribution in [3.63, 3.8) is 0 Å². The number of nitrogens with zero attached hydrogens (tertiary/aromatic N) is 1. The van der Waals surface area contributed by atoms with E-state index in [1.165, 1.54) is 4.90 Å². The summed E-state index contributed by atoms with van der Waals surface area (Å²) in [5.74, 6) is -0.398. The Balaban J connectivity index is 0.000000845. The number of fused-ring (bicyclic) bond motifs is 1. The predicted molar refractivity (Wildman–Crippen MR) is 44.5 cm³/mol. The van der Waals surface area contributed by atoms with Crippen molar-refractivity contribution in [1.82, 2.24) is 4.90 Å². The van der Waals surface area contributed by atoms with Crippen LogP contribution in [0.4, 0.5) is 0 Å². The van der Waals surface area contributed by atoms with Gasteiger partial charge in [0.25, 0.3) is 0 Å². The van der Waals surface area contributed by atoms with Gasteiger partial charge < -0.3 is 6.53 Å². The molecule has 1 fully saturated rings. The fourth-order valence-corrected chi connectivity index (χ4v) is 2.45. The molecule has 0 bridgehead atoms. The van der Waals surface area contributed by atoms with Crippen LogP contribution < -0.4 is 29.6 Å². The summed E-state index contributed by atoms with van der Waals surface area (Å²) in [5.41, 5.74) is 0.148. The molecule has 1 atom stereocenters. The molecule has 66 valence electrons. The predicted octanol–water partition coefficient (Wildman–Crippen LogP) is -2.62. The monoisotopic (exact) mass is 209 g/mol. The van der Waals surface area contributed by atoms with Crippen LogP contribution in [0.25, 0.3) is 0 Å². The summed E-state index contributed by atoms with van der Waals surface area (Å²) >= 11 is 1.60. The Morgan fingerprint density at radius 2 is 2.46 bits per heavy atom. The number of carbonyl (C=O) groups is 2. The molecule has 0 aromatic rings. The standard InChI is InChI=1S/C7H7NO3S.Na.H/c9-5-3-6-8(5)4(7(10)11)1-2-12-6;;/h1,6H,2-3H2,(H,10,11);;/q;+1;-1/t6-;;/m1../s1. The molecule has 0 radical (unpaired) electrons. The van der Waals surface area contributed by atoms with Crippen LogP contribution >= 0.6 is 11.8 Å². The molecule has 0 unspecified atom stereocenters. The van der Waals surface area contributed by atoms with Gasteiger partial charge in [0.1, 0.15) is 5.70 Å². The Bertz CT molecular complexity index is 297.